The topological polar surface area (TPSA) is 84.0 Å². The lowest BCUT2D eigenvalue weighted by atomic mass is 10.3. The van der Waals surface area contributed by atoms with E-state index in [1.54, 1.807) is 18.3 Å². The normalized spacial score (nSPS) is 10.3. The molecule has 0 atom stereocenters. The van der Waals surface area contributed by atoms with Gasteiger partial charge in [-0.05, 0) is 42.5 Å². The summed E-state index contributed by atoms with van der Waals surface area (Å²) in [5.41, 5.74) is 8.68. The molecule has 0 aliphatic rings. The maximum Gasteiger partial charge on any atom is 0.149 e. The van der Waals surface area contributed by atoms with E-state index < -0.39 is 0 Å². The van der Waals surface area contributed by atoms with Crippen LogP contribution in [0.4, 0.5) is 23.0 Å². The quantitative estimate of drug-likeness (QED) is 0.335. The lowest BCUT2D eigenvalue weighted by molar-refractivity contribution is 0.301. The third kappa shape index (κ3) is 5.36. The minimum atomic E-state index is 0.350. The molecule has 0 saturated heterocycles. The minimum absolute atomic E-state index is 0.350. The Morgan fingerprint density at radius 1 is 0.767 bits per heavy atom. The Bertz CT molecular complexity index is 1100. The van der Waals surface area contributed by atoms with Crippen LogP contribution < -0.4 is 20.9 Å². The van der Waals surface area contributed by atoms with Crippen LogP contribution in [0.1, 0.15) is 5.69 Å². The van der Waals surface area contributed by atoms with Gasteiger partial charge in [0.05, 0.1) is 16.4 Å². The summed E-state index contributed by atoms with van der Waals surface area (Å²) in [7, 11) is 0. The lowest BCUT2D eigenvalue weighted by Gasteiger charge is -2.12. The highest BCUT2D eigenvalue weighted by Gasteiger charge is 2.06. The number of benzene rings is 2. The first-order chi connectivity index (χ1) is 14.8. The van der Waals surface area contributed by atoms with E-state index in [9.17, 15) is 0 Å². The molecule has 0 saturated carbocycles. The Morgan fingerprint density at radius 2 is 1.60 bits per heavy atom. The lowest BCUT2D eigenvalue weighted by Crippen LogP contribution is -2.10. The maximum atomic E-state index is 6.37. The van der Waals surface area contributed by atoms with Crippen LogP contribution in [-0.4, -0.2) is 15.0 Å². The fourth-order valence-corrected chi connectivity index (χ4v) is 2.87. The molecule has 0 spiro atoms. The molecule has 30 heavy (non-hydrogen) atoms. The van der Waals surface area contributed by atoms with Crippen LogP contribution in [-0.2, 0) is 6.61 Å². The van der Waals surface area contributed by atoms with Crippen molar-refractivity contribution in [1.82, 2.24) is 15.0 Å². The van der Waals surface area contributed by atoms with Gasteiger partial charge in [0.1, 0.15) is 30.3 Å². The van der Waals surface area contributed by atoms with Gasteiger partial charge in [0.15, 0.2) is 0 Å². The van der Waals surface area contributed by atoms with Gasteiger partial charge < -0.3 is 10.1 Å². The van der Waals surface area contributed by atoms with Crippen molar-refractivity contribution in [3.8, 4) is 5.75 Å². The number of ether oxygens (including phenoxy) is 1. The minimum Gasteiger partial charge on any atom is -0.486 e. The third-order valence-corrected chi connectivity index (χ3v) is 4.38. The molecule has 150 valence electrons. The fourth-order valence-electron chi connectivity index (χ4n) is 2.63. The van der Waals surface area contributed by atoms with Crippen molar-refractivity contribution >= 4 is 34.6 Å². The first kappa shape index (κ1) is 19.5. The van der Waals surface area contributed by atoms with Gasteiger partial charge in [-0.15, -0.1) is 0 Å². The van der Waals surface area contributed by atoms with Crippen LogP contribution in [0, 0.1) is 0 Å². The Kier molecular flexibility index (Phi) is 6.22. The van der Waals surface area contributed by atoms with Crippen LogP contribution in [0.25, 0.3) is 0 Å². The highest BCUT2D eigenvalue weighted by atomic mass is 35.5. The van der Waals surface area contributed by atoms with Crippen LogP contribution in [0.2, 0.25) is 5.02 Å². The molecule has 8 heteroatoms. The average Bonchev–Trinajstić information content (AvgIpc) is 2.79. The number of nitrogens with one attached hydrogen (secondary N) is 3. The van der Waals surface area contributed by atoms with Gasteiger partial charge in [-0.25, -0.2) is 9.97 Å². The molecule has 0 bridgehead atoms. The molecule has 4 rings (SSSR count). The maximum absolute atomic E-state index is 6.37. The fraction of sp³-hybridized carbons (Fsp3) is 0.0455. The summed E-state index contributed by atoms with van der Waals surface area (Å²) in [6.45, 7) is 0.350. The number of hydrogen-bond donors (Lipinski definition) is 3. The van der Waals surface area contributed by atoms with E-state index in [0.717, 1.165) is 17.1 Å². The molecular formula is C22H19ClN6O. The standard InChI is InChI=1S/C22H19ClN6O/c23-19-12-17(9-10-20(19)30-14-18-8-4-5-11-24-18)27-21-13-22(26-15-25-21)29-28-16-6-2-1-3-7-16/h1-13,15,28H,14H2,(H2,25,26,27,29). The van der Waals surface area contributed by atoms with E-state index in [-0.39, 0.29) is 0 Å². The second-order valence-electron chi connectivity index (χ2n) is 6.28. The van der Waals surface area contributed by atoms with Crippen molar-refractivity contribution in [3.05, 3.63) is 96.0 Å². The zero-order chi connectivity index (χ0) is 20.6. The largest absolute Gasteiger partial charge is 0.486 e. The number of para-hydroxylation sites is 1. The van der Waals surface area contributed by atoms with Crippen LogP contribution in [0.15, 0.2) is 85.3 Å². The number of halogens is 1. The summed E-state index contributed by atoms with van der Waals surface area (Å²) < 4.78 is 5.76. The van der Waals surface area contributed by atoms with Gasteiger partial charge in [-0.3, -0.25) is 15.8 Å². The zero-order valence-corrected chi connectivity index (χ0v) is 16.7. The smallest absolute Gasteiger partial charge is 0.149 e. The Balaban J connectivity index is 1.37. The van der Waals surface area contributed by atoms with Crippen molar-refractivity contribution in [2.45, 2.75) is 6.61 Å². The summed E-state index contributed by atoms with van der Waals surface area (Å²) in [4.78, 5) is 12.7. The molecule has 4 aromatic rings. The summed E-state index contributed by atoms with van der Waals surface area (Å²) in [5, 5.41) is 3.71. The average molecular weight is 419 g/mol. The molecule has 0 aliphatic carbocycles. The molecule has 7 nitrogen and oxygen atoms in total. The highest BCUT2D eigenvalue weighted by molar-refractivity contribution is 6.32. The van der Waals surface area contributed by atoms with Crippen LogP contribution in [0.5, 0.6) is 5.75 Å². The third-order valence-electron chi connectivity index (χ3n) is 4.08. The predicted octanol–water partition coefficient (Wildman–Crippen LogP) is 5.29. The van der Waals surface area contributed by atoms with Crippen molar-refractivity contribution in [2.24, 2.45) is 0 Å². The zero-order valence-electron chi connectivity index (χ0n) is 15.9. The number of anilines is 4. The van der Waals surface area contributed by atoms with Gasteiger partial charge in [0, 0.05) is 18.0 Å². The van der Waals surface area contributed by atoms with Gasteiger partial charge >= 0.3 is 0 Å². The molecule has 0 aliphatic heterocycles. The van der Waals surface area contributed by atoms with Crippen molar-refractivity contribution in [2.75, 3.05) is 16.2 Å². The van der Waals surface area contributed by atoms with Crippen molar-refractivity contribution in [3.63, 3.8) is 0 Å². The van der Waals surface area contributed by atoms with Crippen molar-refractivity contribution in [1.29, 1.82) is 0 Å². The van der Waals surface area contributed by atoms with Gasteiger partial charge in [-0.2, -0.15) is 0 Å². The number of hydrogen-bond acceptors (Lipinski definition) is 7. The van der Waals surface area contributed by atoms with E-state index in [4.69, 9.17) is 16.3 Å². The number of pyridine rings is 1. The van der Waals surface area contributed by atoms with Gasteiger partial charge in [0.25, 0.3) is 0 Å². The number of hydrazine groups is 1. The molecule has 2 aromatic heterocycles. The van der Waals surface area contributed by atoms with E-state index in [1.807, 2.05) is 60.7 Å². The Hall–Kier alpha value is -3.84. The molecule has 2 aromatic carbocycles. The summed E-state index contributed by atoms with van der Waals surface area (Å²) in [6.07, 6.45) is 3.21. The van der Waals surface area contributed by atoms with Crippen molar-refractivity contribution < 1.29 is 4.74 Å². The first-order valence-corrected chi connectivity index (χ1v) is 9.62. The summed E-state index contributed by atoms with van der Waals surface area (Å²) in [5.74, 6) is 1.84. The van der Waals surface area contributed by atoms with Crippen LogP contribution in [0.3, 0.4) is 0 Å². The first-order valence-electron chi connectivity index (χ1n) is 9.25. The number of aromatic nitrogens is 3. The van der Waals surface area contributed by atoms with E-state index in [0.29, 0.717) is 29.0 Å². The predicted molar refractivity (Wildman–Crippen MR) is 119 cm³/mol. The molecule has 0 fully saturated rings. The Labute approximate surface area is 179 Å². The van der Waals surface area contributed by atoms with Crippen LogP contribution >= 0.6 is 11.6 Å². The molecule has 0 amide bonds. The number of nitrogens with zero attached hydrogens (tertiary/aromatic N) is 3. The SMILES string of the molecule is Clc1cc(Nc2cc(NNc3ccccc3)ncn2)ccc1OCc1ccccn1. The van der Waals surface area contributed by atoms with Gasteiger partial charge in [-0.1, -0.05) is 35.9 Å². The second kappa shape index (κ2) is 9.58. The monoisotopic (exact) mass is 418 g/mol. The second-order valence-corrected chi connectivity index (χ2v) is 6.69. The Morgan fingerprint density at radius 3 is 2.40 bits per heavy atom. The van der Waals surface area contributed by atoms with E-state index in [1.165, 1.54) is 6.33 Å². The molecular weight excluding hydrogens is 400 g/mol. The summed E-state index contributed by atoms with van der Waals surface area (Å²) >= 11 is 6.37. The highest BCUT2D eigenvalue weighted by Crippen LogP contribution is 2.29. The van der Waals surface area contributed by atoms with E-state index in [2.05, 4.69) is 31.1 Å². The summed E-state index contributed by atoms with van der Waals surface area (Å²) in [6, 6.07) is 22.7. The molecule has 0 radical (unpaired) electrons. The molecule has 2 heterocycles. The molecule has 3 N–H and O–H groups in total. The molecule has 0 unspecified atom stereocenters. The number of rotatable bonds is 8. The van der Waals surface area contributed by atoms with Gasteiger partial charge in [0.2, 0.25) is 0 Å². The van der Waals surface area contributed by atoms with E-state index >= 15 is 0 Å².